The van der Waals surface area contributed by atoms with Crippen molar-refractivity contribution in [3.8, 4) is 5.75 Å². The van der Waals surface area contributed by atoms with Gasteiger partial charge in [0.05, 0.1) is 7.11 Å². The van der Waals surface area contributed by atoms with Crippen LogP contribution in [0.4, 0.5) is 0 Å². The van der Waals surface area contributed by atoms with Crippen LogP contribution in [0.2, 0.25) is 0 Å². The van der Waals surface area contributed by atoms with Crippen molar-refractivity contribution in [2.24, 2.45) is 0 Å². The molecule has 0 heterocycles. The summed E-state index contributed by atoms with van der Waals surface area (Å²) in [5.74, 6) is 0.878. The normalized spacial score (nSPS) is 10.4. The van der Waals surface area contributed by atoms with Crippen molar-refractivity contribution < 1.29 is 9.53 Å². The molecule has 0 unspecified atom stereocenters. The van der Waals surface area contributed by atoms with Crippen molar-refractivity contribution in [1.82, 2.24) is 0 Å². The average molecular weight is 333 g/mol. The van der Waals surface area contributed by atoms with Crippen LogP contribution in [0.25, 0.3) is 0 Å². The molecule has 0 fully saturated rings. The van der Waals surface area contributed by atoms with Crippen LogP contribution in [-0.2, 0) is 0 Å². The van der Waals surface area contributed by atoms with Gasteiger partial charge in [-0.1, -0.05) is 15.9 Å². The number of carbonyl (C=O) groups excluding carboxylic acids is 1. The van der Waals surface area contributed by atoms with Gasteiger partial charge in [-0.05, 0) is 67.8 Å². The van der Waals surface area contributed by atoms with E-state index < -0.39 is 0 Å². The Morgan fingerprint density at radius 1 is 0.950 bits per heavy atom. The van der Waals surface area contributed by atoms with E-state index in [1.165, 1.54) is 0 Å². The van der Waals surface area contributed by atoms with Crippen LogP contribution in [0.5, 0.6) is 5.75 Å². The van der Waals surface area contributed by atoms with Crippen molar-refractivity contribution in [3.63, 3.8) is 0 Å². The highest BCUT2D eigenvalue weighted by Gasteiger charge is 2.13. The van der Waals surface area contributed by atoms with Gasteiger partial charge in [0.1, 0.15) is 5.75 Å². The van der Waals surface area contributed by atoms with E-state index in [0.717, 1.165) is 26.9 Å². The van der Waals surface area contributed by atoms with E-state index in [4.69, 9.17) is 4.74 Å². The van der Waals surface area contributed by atoms with Crippen molar-refractivity contribution in [2.75, 3.05) is 7.11 Å². The summed E-state index contributed by atoms with van der Waals surface area (Å²) in [6.45, 7) is 5.89. The summed E-state index contributed by atoms with van der Waals surface area (Å²) in [5.41, 5.74) is 4.41. The molecule has 2 nitrogen and oxygen atoms in total. The van der Waals surface area contributed by atoms with E-state index in [1.54, 1.807) is 7.11 Å². The summed E-state index contributed by atoms with van der Waals surface area (Å²) < 4.78 is 6.34. The second kappa shape index (κ2) is 5.80. The average Bonchev–Trinajstić information content (AvgIpc) is 2.40. The number of hydrogen-bond donors (Lipinski definition) is 0. The molecule has 0 amide bonds. The van der Waals surface area contributed by atoms with E-state index >= 15 is 0 Å². The second-order valence-corrected chi connectivity index (χ2v) is 5.79. The molecule has 0 saturated carbocycles. The van der Waals surface area contributed by atoms with Crippen LogP contribution >= 0.6 is 15.9 Å². The van der Waals surface area contributed by atoms with Gasteiger partial charge in [-0.15, -0.1) is 0 Å². The number of methoxy groups -OCH3 is 1. The highest BCUT2D eigenvalue weighted by atomic mass is 79.9. The Morgan fingerprint density at radius 2 is 1.50 bits per heavy atom. The minimum absolute atomic E-state index is 0.0365. The zero-order valence-corrected chi connectivity index (χ0v) is 13.7. The highest BCUT2D eigenvalue weighted by molar-refractivity contribution is 9.10. The van der Waals surface area contributed by atoms with Gasteiger partial charge in [-0.2, -0.15) is 0 Å². The number of ketones is 1. The number of halogens is 1. The summed E-state index contributed by atoms with van der Waals surface area (Å²) in [4.78, 5) is 12.6. The fraction of sp³-hybridized carbons (Fsp3) is 0.235. The maximum atomic E-state index is 12.6. The molecule has 0 radical (unpaired) electrons. The Bertz CT molecular complexity index is 652. The quantitative estimate of drug-likeness (QED) is 0.767. The summed E-state index contributed by atoms with van der Waals surface area (Å²) in [7, 11) is 1.65. The lowest BCUT2D eigenvalue weighted by Gasteiger charge is -2.11. The van der Waals surface area contributed by atoms with Crippen molar-refractivity contribution >= 4 is 21.7 Å². The largest absolute Gasteiger partial charge is 0.496 e. The Morgan fingerprint density at radius 3 is 2.00 bits per heavy atom. The summed E-state index contributed by atoms with van der Waals surface area (Å²) in [6.07, 6.45) is 0. The van der Waals surface area contributed by atoms with Gasteiger partial charge in [0.25, 0.3) is 0 Å². The highest BCUT2D eigenvalue weighted by Crippen LogP contribution is 2.26. The fourth-order valence-electron chi connectivity index (χ4n) is 2.36. The molecule has 2 aromatic carbocycles. The summed E-state index contributed by atoms with van der Waals surface area (Å²) in [5, 5.41) is 0. The molecule has 2 aromatic rings. The molecule has 0 aromatic heterocycles. The number of carbonyl (C=O) groups is 1. The van der Waals surface area contributed by atoms with Gasteiger partial charge in [0, 0.05) is 15.6 Å². The lowest BCUT2D eigenvalue weighted by atomic mass is 9.98. The summed E-state index contributed by atoms with van der Waals surface area (Å²) in [6, 6.07) is 9.42. The first-order valence-corrected chi connectivity index (χ1v) is 7.19. The molecule has 0 aliphatic rings. The van der Waals surface area contributed by atoms with Crippen LogP contribution in [0.1, 0.15) is 32.6 Å². The third-order valence-electron chi connectivity index (χ3n) is 3.35. The first-order chi connectivity index (χ1) is 9.43. The number of aryl methyl sites for hydroxylation is 3. The number of hydrogen-bond acceptors (Lipinski definition) is 2. The molecule has 20 heavy (non-hydrogen) atoms. The van der Waals surface area contributed by atoms with Crippen molar-refractivity contribution in [1.29, 1.82) is 0 Å². The van der Waals surface area contributed by atoms with Crippen LogP contribution in [-0.4, -0.2) is 12.9 Å². The zero-order chi connectivity index (χ0) is 14.9. The lowest BCUT2D eigenvalue weighted by Crippen LogP contribution is -2.04. The van der Waals surface area contributed by atoms with Gasteiger partial charge in [0.2, 0.25) is 0 Å². The monoisotopic (exact) mass is 332 g/mol. The standard InChI is InChI=1S/C17H17BrO2/c1-10-7-13(5-6-15(10)18)16(19)14-8-11(2)17(20-4)12(3)9-14/h5-9H,1-4H3. The van der Waals surface area contributed by atoms with Crippen molar-refractivity contribution in [3.05, 3.63) is 62.6 Å². The molecule has 0 aliphatic carbocycles. The smallest absolute Gasteiger partial charge is 0.193 e. The maximum Gasteiger partial charge on any atom is 0.193 e. The van der Waals surface area contributed by atoms with Gasteiger partial charge >= 0.3 is 0 Å². The van der Waals surface area contributed by atoms with Gasteiger partial charge in [-0.25, -0.2) is 0 Å². The molecular weight excluding hydrogens is 316 g/mol. The van der Waals surface area contributed by atoms with E-state index in [0.29, 0.717) is 11.1 Å². The van der Waals surface area contributed by atoms with Gasteiger partial charge < -0.3 is 4.74 Å². The molecule has 0 N–H and O–H groups in total. The van der Waals surface area contributed by atoms with E-state index in [1.807, 2.05) is 51.1 Å². The Balaban J connectivity index is 2.45. The SMILES string of the molecule is COc1c(C)cc(C(=O)c2ccc(Br)c(C)c2)cc1C. The number of rotatable bonds is 3. The van der Waals surface area contributed by atoms with E-state index in [9.17, 15) is 4.79 Å². The topological polar surface area (TPSA) is 26.3 Å². The Labute approximate surface area is 127 Å². The Kier molecular flexibility index (Phi) is 4.29. The molecule has 0 bridgehead atoms. The zero-order valence-electron chi connectivity index (χ0n) is 12.1. The minimum atomic E-state index is 0.0365. The fourth-order valence-corrected chi connectivity index (χ4v) is 2.60. The minimum Gasteiger partial charge on any atom is -0.496 e. The number of benzene rings is 2. The number of ether oxygens (including phenoxy) is 1. The molecular formula is C17H17BrO2. The molecule has 3 heteroatoms. The Hall–Kier alpha value is -1.61. The van der Waals surface area contributed by atoms with Crippen LogP contribution in [0.3, 0.4) is 0 Å². The van der Waals surface area contributed by atoms with Crippen molar-refractivity contribution in [2.45, 2.75) is 20.8 Å². The van der Waals surface area contributed by atoms with Crippen LogP contribution < -0.4 is 4.74 Å². The molecule has 0 saturated heterocycles. The van der Waals surface area contributed by atoms with Gasteiger partial charge in [-0.3, -0.25) is 4.79 Å². The van der Waals surface area contributed by atoms with E-state index in [-0.39, 0.29) is 5.78 Å². The van der Waals surface area contributed by atoms with Crippen LogP contribution in [0, 0.1) is 20.8 Å². The molecule has 0 atom stereocenters. The first kappa shape index (κ1) is 14.8. The molecule has 2 rings (SSSR count). The second-order valence-electron chi connectivity index (χ2n) is 4.94. The molecule has 104 valence electrons. The lowest BCUT2D eigenvalue weighted by molar-refractivity contribution is 0.103. The molecule has 0 aliphatic heterocycles. The van der Waals surface area contributed by atoms with Gasteiger partial charge in [0.15, 0.2) is 5.78 Å². The molecule has 0 spiro atoms. The predicted octanol–water partition coefficient (Wildman–Crippen LogP) is 4.61. The van der Waals surface area contributed by atoms with Crippen LogP contribution in [0.15, 0.2) is 34.8 Å². The third kappa shape index (κ3) is 2.78. The summed E-state index contributed by atoms with van der Waals surface area (Å²) >= 11 is 3.45. The first-order valence-electron chi connectivity index (χ1n) is 6.40. The maximum absolute atomic E-state index is 12.6. The van der Waals surface area contributed by atoms with E-state index in [2.05, 4.69) is 15.9 Å². The third-order valence-corrected chi connectivity index (χ3v) is 4.24. The predicted molar refractivity (Wildman–Crippen MR) is 84.8 cm³/mol.